The van der Waals surface area contributed by atoms with Crippen molar-refractivity contribution in [2.24, 2.45) is 0 Å². The van der Waals surface area contributed by atoms with Crippen molar-refractivity contribution in [1.29, 1.82) is 0 Å². The molecule has 0 aliphatic carbocycles. The number of pyridine rings is 1. The largest absolute Gasteiger partial charge is 0.422 e. The van der Waals surface area contributed by atoms with Crippen LogP contribution in [0.4, 0.5) is 13.2 Å². The molecule has 0 aliphatic heterocycles. The summed E-state index contributed by atoms with van der Waals surface area (Å²) in [5.74, 6) is -1.34. The van der Waals surface area contributed by atoms with Crippen LogP contribution in [0.1, 0.15) is 22.6 Å². The van der Waals surface area contributed by atoms with Gasteiger partial charge in [0.25, 0.3) is 0 Å². The van der Waals surface area contributed by atoms with Crippen molar-refractivity contribution in [3.63, 3.8) is 0 Å². The molecule has 5 heteroatoms. The van der Waals surface area contributed by atoms with Crippen LogP contribution in [0, 0.1) is 0 Å². The third kappa shape index (κ3) is 3.15. The van der Waals surface area contributed by atoms with Crippen LogP contribution in [0.15, 0.2) is 85.2 Å². The molecule has 0 spiro atoms. The van der Waals surface area contributed by atoms with Crippen molar-refractivity contribution in [3.05, 3.63) is 102 Å². The highest BCUT2D eigenvalue weighted by Gasteiger charge is 2.60. The number of benzene rings is 2. The van der Waals surface area contributed by atoms with Gasteiger partial charge in [0, 0.05) is 12.4 Å². The Balaban J connectivity index is 2.29. The third-order valence-electron chi connectivity index (χ3n) is 4.21. The second-order valence-electron chi connectivity index (χ2n) is 5.76. The quantitative estimate of drug-likeness (QED) is 0.747. The van der Waals surface area contributed by atoms with Crippen molar-refractivity contribution >= 4 is 0 Å². The molecular weight excluding hydrogens is 327 g/mol. The molecule has 1 heterocycles. The number of nitrogens with zero attached hydrogens (tertiary/aromatic N) is 1. The minimum absolute atomic E-state index is 0.208. The van der Waals surface area contributed by atoms with E-state index in [1.807, 2.05) is 0 Å². The number of halogens is 3. The van der Waals surface area contributed by atoms with Crippen molar-refractivity contribution in [3.8, 4) is 0 Å². The van der Waals surface area contributed by atoms with Crippen molar-refractivity contribution in [2.45, 2.75) is 17.7 Å². The standard InChI is InChI=1S/C20H16F3NO/c21-20(22,23)19(25,17-11-5-2-6-12-17)18(15-8-3-1-4-9-15)16-10-7-13-24-14-16/h1-14,18,25H. The van der Waals surface area contributed by atoms with Gasteiger partial charge in [-0.25, -0.2) is 0 Å². The molecule has 3 aromatic rings. The van der Waals surface area contributed by atoms with E-state index < -0.39 is 17.7 Å². The molecule has 25 heavy (non-hydrogen) atoms. The highest BCUT2D eigenvalue weighted by Crippen LogP contribution is 2.51. The van der Waals surface area contributed by atoms with Gasteiger partial charge in [0.05, 0.1) is 5.92 Å². The molecule has 0 saturated carbocycles. The van der Waals surface area contributed by atoms with E-state index in [0.717, 1.165) is 0 Å². The normalized spacial score (nSPS) is 15.4. The first-order chi connectivity index (χ1) is 11.9. The maximum atomic E-state index is 14.1. The van der Waals surface area contributed by atoms with Gasteiger partial charge in [-0.05, 0) is 22.8 Å². The molecule has 0 radical (unpaired) electrons. The van der Waals surface area contributed by atoms with Crippen LogP contribution in [0.5, 0.6) is 0 Å². The molecule has 3 rings (SSSR count). The summed E-state index contributed by atoms with van der Waals surface area (Å²) in [5.41, 5.74) is -2.64. The van der Waals surface area contributed by atoms with E-state index in [-0.39, 0.29) is 11.1 Å². The van der Waals surface area contributed by atoms with E-state index in [9.17, 15) is 18.3 Å². The molecule has 0 fully saturated rings. The Hall–Kier alpha value is -2.66. The Morgan fingerprint density at radius 3 is 1.84 bits per heavy atom. The predicted octanol–water partition coefficient (Wildman–Crippen LogP) is 4.66. The van der Waals surface area contributed by atoms with Crippen LogP contribution in [-0.4, -0.2) is 16.3 Å². The minimum atomic E-state index is -4.88. The second kappa shape index (κ2) is 6.69. The number of rotatable bonds is 4. The lowest BCUT2D eigenvalue weighted by molar-refractivity contribution is -0.272. The maximum Gasteiger partial charge on any atom is 0.422 e. The molecule has 0 aliphatic rings. The maximum absolute atomic E-state index is 14.1. The molecule has 0 bridgehead atoms. The molecule has 128 valence electrons. The summed E-state index contributed by atoms with van der Waals surface area (Å²) < 4.78 is 42.4. The highest BCUT2D eigenvalue weighted by atomic mass is 19.4. The lowest BCUT2D eigenvalue weighted by atomic mass is 9.73. The Morgan fingerprint density at radius 2 is 1.32 bits per heavy atom. The molecule has 0 saturated heterocycles. The molecule has 2 atom stereocenters. The average molecular weight is 343 g/mol. The first kappa shape index (κ1) is 17.2. The van der Waals surface area contributed by atoms with Gasteiger partial charge >= 0.3 is 6.18 Å². The summed E-state index contributed by atoms with van der Waals surface area (Å²) in [5, 5.41) is 11.0. The van der Waals surface area contributed by atoms with E-state index in [2.05, 4.69) is 4.98 Å². The number of aliphatic hydroxyl groups is 1. The van der Waals surface area contributed by atoms with Gasteiger partial charge in [-0.3, -0.25) is 4.98 Å². The summed E-state index contributed by atoms with van der Waals surface area (Å²) in [6.45, 7) is 0. The predicted molar refractivity (Wildman–Crippen MR) is 88.9 cm³/mol. The zero-order valence-corrected chi connectivity index (χ0v) is 13.2. The topological polar surface area (TPSA) is 33.1 Å². The lowest BCUT2D eigenvalue weighted by Gasteiger charge is -2.38. The zero-order valence-electron chi connectivity index (χ0n) is 13.2. The smallest absolute Gasteiger partial charge is 0.376 e. The Labute approximate surface area is 143 Å². The Kier molecular flexibility index (Phi) is 4.59. The van der Waals surface area contributed by atoms with Crippen molar-refractivity contribution in [2.75, 3.05) is 0 Å². The summed E-state index contributed by atoms with van der Waals surface area (Å²) in [6.07, 6.45) is -2.04. The fourth-order valence-corrected chi connectivity index (χ4v) is 3.05. The lowest BCUT2D eigenvalue weighted by Crippen LogP contribution is -2.47. The SMILES string of the molecule is OC(c1ccccc1)(C(c1ccccc1)c1cccnc1)C(F)(F)F. The highest BCUT2D eigenvalue weighted by molar-refractivity contribution is 5.40. The van der Waals surface area contributed by atoms with Gasteiger partial charge in [-0.15, -0.1) is 0 Å². The van der Waals surface area contributed by atoms with E-state index >= 15 is 0 Å². The minimum Gasteiger partial charge on any atom is -0.376 e. The fourth-order valence-electron chi connectivity index (χ4n) is 3.05. The monoisotopic (exact) mass is 343 g/mol. The molecular formula is C20H16F3NO. The van der Waals surface area contributed by atoms with Crippen LogP contribution in [-0.2, 0) is 5.60 Å². The summed E-state index contributed by atoms with van der Waals surface area (Å²) in [6, 6.07) is 18.5. The number of aromatic nitrogens is 1. The Bertz CT molecular complexity index is 767. The number of alkyl halides is 3. The van der Waals surface area contributed by atoms with Gasteiger partial charge < -0.3 is 5.11 Å². The first-order valence-corrected chi connectivity index (χ1v) is 7.74. The van der Waals surface area contributed by atoms with Gasteiger partial charge in [0.1, 0.15) is 0 Å². The van der Waals surface area contributed by atoms with E-state index in [1.54, 1.807) is 48.5 Å². The van der Waals surface area contributed by atoms with Crippen LogP contribution in [0.2, 0.25) is 0 Å². The molecule has 2 unspecified atom stereocenters. The van der Waals surface area contributed by atoms with Gasteiger partial charge in [-0.2, -0.15) is 13.2 Å². The molecule has 2 aromatic carbocycles. The van der Waals surface area contributed by atoms with Crippen LogP contribution >= 0.6 is 0 Å². The molecule has 2 nitrogen and oxygen atoms in total. The van der Waals surface area contributed by atoms with E-state index in [4.69, 9.17) is 0 Å². The van der Waals surface area contributed by atoms with Crippen LogP contribution in [0.3, 0.4) is 0 Å². The molecule has 1 aromatic heterocycles. The van der Waals surface area contributed by atoms with Crippen molar-refractivity contribution in [1.82, 2.24) is 4.98 Å². The number of hydrogen-bond donors (Lipinski definition) is 1. The second-order valence-corrected chi connectivity index (χ2v) is 5.76. The zero-order chi connectivity index (χ0) is 17.9. The van der Waals surface area contributed by atoms with Gasteiger partial charge in [0.15, 0.2) is 5.60 Å². The van der Waals surface area contributed by atoms with E-state index in [0.29, 0.717) is 5.56 Å². The summed E-state index contributed by atoms with van der Waals surface area (Å²) in [7, 11) is 0. The summed E-state index contributed by atoms with van der Waals surface area (Å²) >= 11 is 0. The first-order valence-electron chi connectivity index (χ1n) is 7.74. The fraction of sp³-hybridized carbons (Fsp3) is 0.150. The van der Waals surface area contributed by atoms with Gasteiger partial charge in [0.2, 0.25) is 0 Å². The summed E-state index contributed by atoms with van der Waals surface area (Å²) in [4.78, 5) is 3.94. The van der Waals surface area contributed by atoms with Gasteiger partial charge in [-0.1, -0.05) is 66.7 Å². The number of hydrogen-bond acceptors (Lipinski definition) is 2. The van der Waals surface area contributed by atoms with E-state index in [1.165, 1.54) is 36.7 Å². The third-order valence-corrected chi connectivity index (χ3v) is 4.21. The van der Waals surface area contributed by atoms with Crippen molar-refractivity contribution < 1.29 is 18.3 Å². The average Bonchev–Trinajstić information content (AvgIpc) is 2.63. The molecule has 1 N–H and O–H groups in total. The molecule has 0 amide bonds. The Morgan fingerprint density at radius 1 is 0.760 bits per heavy atom. The van der Waals surface area contributed by atoms with Crippen LogP contribution in [0.25, 0.3) is 0 Å². The van der Waals surface area contributed by atoms with Crippen LogP contribution < -0.4 is 0 Å².